The van der Waals surface area contributed by atoms with Crippen LogP contribution in [0.2, 0.25) is 0 Å². The van der Waals surface area contributed by atoms with E-state index in [0.29, 0.717) is 19.2 Å². The number of aryl methyl sites for hydroxylation is 1. The van der Waals surface area contributed by atoms with Crippen molar-refractivity contribution in [3.63, 3.8) is 0 Å². The quantitative estimate of drug-likeness (QED) is 0.872. The maximum absolute atomic E-state index is 5.66. The van der Waals surface area contributed by atoms with Crippen LogP contribution in [0.25, 0.3) is 0 Å². The monoisotopic (exact) mass is 256 g/mol. The molecule has 0 radical (unpaired) electrons. The lowest BCUT2D eigenvalue weighted by Gasteiger charge is -2.37. The molecule has 6 heteroatoms. The summed E-state index contributed by atoms with van der Waals surface area (Å²) in [6.07, 6.45) is 2.15. The Bertz CT molecular complexity index is 357. The highest BCUT2D eigenvalue weighted by molar-refractivity contribution is 7.09. The number of rotatable bonds is 4. The number of nitrogens with two attached hydrogens (primary N) is 1. The standard InChI is InChI=1S/C11H20N4OS/c1-3-4-10-13-11(17-14-10)15-6-9(5-12)16-7-8(15)2/h8-9H,3-7,12H2,1-2H3. The van der Waals surface area contributed by atoms with Crippen LogP contribution in [0.5, 0.6) is 0 Å². The normalized spacial score (nSPS) is 25.2. The first-order valence-electron chi connectivity index (χ1n) is 6.15. The van der Waals surface area contributed by atoms with E-state index in [-0.39, 0.29) is 6.10 Å². The smallest absolute Gasteiger partial charge is 0.205 e. The fraction of sp³-hybridized carbons (Fsp3) is 0.818. The zero-order valence-electron chi connectivity index (χ0n) is 10.4. The molecule has 0 aromatic carbocycles. The van der Waals surface area contributed by atoms with Gasteiger partial charge in [0.2, 0.25) is 5.13 Å². The van der Waals surface area contributed by atoms with Crippen LogP contribution in [0.15, 0.2) is 0 Å². The van der Waals surface area contributed by atoms with Gasteiger partial charge in [-0.15, -0.1) is 0 Å². The summed E-state index contributed by atoms with van der Waals surface area (Å²) in [5, 5.41) is 1.00. The van der Waals surface area contributed by atoms with E-state index in [9.17, 15) is 0 Å². The van der Waals surface area contributed by atoms with Crippen LogP contribution >= 0.6 is 11.5 Å². The molecule has 0 amide bonds. The molecule has 2 unspecified atom stereocenters. The van der Waals surface area contributed by atoms with Crippen molar-refractivity contribution in [2.75, 3.05) is 24.6 Å². The van der Waals surface area contributed by atoms with Gasteiger partial charge in [-0.2, -0.15) is 4.37 Å². The third-order valence-corrected chi connectivity index (χ3v) is 3.74. The van der Waals surface area contributed by atoms with Gasteiger partial charge in [0.1, 0.15) is 5.82 Å². The Hall–Kier alpha value is -0.720. The van der Waals surface area contributed by atoms with Gasteiger partial charge in [-0.25, -0.2) is 4.98 Å². The van der Waals surface area contributed by atoms with Crippen LogP contribution in [0.3, 0.4) is 0 Å². The summed E-state index contributed by atoms with van der Waals surface area (Å²) >= 11 is 1.48. The minimum absolute atomic E-state index is 0.115. The maximum atomic E-state index is 5.66. The summed E-state index contributed by atoms with van der Waals surface area (Å²) in [4.78, 5) is 6.84. The first kappa shape index (κ1) is 12.7. The molecule has 1 saturated heterocycles. The number of anilines is 1. The molecule has 2 rings (SSSR count). The minimum atomic E-state index is 0.115. The maximum Gasteiger partial charge on any atom is 0.205 e. The molecule has 17 heavy (non-hydrogen) atoms. The minimum Gasteiger partial charge on any atom is -0.373 e. The summed E-state index contributed by atoms with van der Waals surface area (Å²) in [5.74, 6) is 0.954. The van der Waals surface area contributed by atoms with Gasteiger partial charge in [-0.05, 0) is 13.3 Å². The van der Waals surface area contributed by atoms with E-state index in [1.54, 1.807) is 0 Å². The van der Waals surface area contributed by atoms with Crippen LogP contribution in [-0.2, 0) is 11.2 Å². The molecule has 1 fully saturated rings. The molecule has 1 aliphatic rings. The van der Waals surface area contributed by atoms with Gasteiger partial charge in [0.15, 0.2) is 0 Å². The molecule has 2 N–H and O–H groups in total. The Morgan fingerprint density at radius 3 is 3.12 bits per heavy atom. The van der Waals surface area contributed by atoms with Crippen LogP contribution in [0.4, 0.5) is 5.13 Å². The molecule has 2 heterocycles. The van der Waals surface area contributed by atoms with Crippen LogP contribution in [-0.4, -0.2) is 41.2 Å². The van der Waals surface area contributed by atoms with Gasteiger partial charge in [0.05, 0.1) is 18.8 Å². The Morgan fingerprint density at radius 1 is 1.59 bits per heavy atom. The van der Waals surface area contributed by atoms with Gasteiger partial charge >= 0.3 is 0 Å². The molecule has 0 bridgehead atoms. The predicted octanol–water partition coefficient (Wildman–Crippen LogP) is 1.04. The van der Waals surface area contributed by atoms with Gasteiger partial charge in [0, 0.05) is 31.0 Å². The van der Waals surface area contributed by atoms with Crippen LogP contribution < -0.4 is 10.6 Å². The summed E-state index contributed by atoms with van der Waals surface area (Å²) in [6.45, 7) is 6.38. The highest BCUT2D eigenvalue weighted by Crippen LogP contribution is 2.23. The van der Waals surface area contributed by atoms with E-state index in [0.717, 1.165) is 30.3 Å². The van der Waals surface area contributed by atoms with Crippen LogP contribution in [0.1, 0.15) is 26.1 Å². The lowest BCUT2D eigenvalue weighted by atomic mass is 10.2. The zero-order valence-corrected chi connectivity index (χ0v) is 11.2. The fourth-order valence-electron chi connectivity index (χ4n) is 1.91. The first-order chi connectivity index (χ1) is 8.24. The van der Waals surface area contributed by atoms with E-state index >= 15 is 0 Å². The van der Waals surface area contributed by atoms with Gasteiger partial charge in [-0.3, -0.25) is 0 Å². The van der Waals surface area contributed by atoms with Gasteiger partial charge in [0.25, 0.3) is 0 Å². The van der Waals surface area contributed by atoms with E-state index < -0.39 is 0 Å². The molecule has 0 spiro atoms. The summed E-state index contributed by atoms with van der Waals surface area (Å²) < 4.78 is 10.0. The average Bonchev–Trinajstić information content (AvgIpc) is 2.79. The summed E-state index contributed by atoms with van der Waals surface area (Å²) in [6, 6.07) is 0.347. The fourth-order valence-corrected chi connectivity index (χ4v) is 2.74. The third kappa shape index (κ3) is 2.94. The molecule has 0 aliphatic carbocycles. The molecular weight excluding hydrogens is 236 g/mol. The molecule has 2 atom stereocenters. The highest BCUT2D eigenvalue weighted by atomic mass is 32.1. The lowest BCUT2D eigenvalue weighted by molar-refractivity contribution is 0.0283. The molecule has 0 saturated carbocycles. The SMILES string of the molecule is CCCc1nsc(N2CC(CN)OCC2C)n1. The lowest BCUT2D eigenvalue weighted by Crippen LogP contribution is -2.50. The van der Waals surface area contributed by atoms with Crippen LogP contribution in [0, 0.1) is 0 Å². The van der Waals surface area contributed by atoms with E-state index in [4.69, 9.17) is 10.5 Å². The van der Waals surface area contributed by atoms with Crippen molar-refractivity contribution in [3.05, 3.63) is 5.82 Å². The highest BCUT2D eigenvalue weighted by Gasteiger charge is 2.27. The van der Waals surface area contributed by atoms with Gasteiger partial charge < -0.3 is 15.4 Å². The van der Waals surface area contributed by atoms with Crippen molar-refractivity contribution >= 4 is 16.7 Å². The average molecular weight is 256 g/mol. The van der Waals surface area contributed by atoms with Crippen molar-refractivity contribution in [2.45, 2.75) is 38.8 Å². The second-order valence-electron chi connectivity index (χ2n) is 4.44. The summed E-state index contributed by atoms with van der Waals surface area (Å²) in [5.41, 5.74) is 5.66. The third-order valence-electron chi connectivity index (χ3n) is 2.95. The number of morpholine rings is 1. The van der Waals surface area contributed by atoms with Crippen molar-refractivity contribution < 1.29 is 4.74 Å². The van der Waals surface area contributed by atoms with E-state index in [2.05, 4.69) is 28.1 Å². The molecule has 1 aromatic rings. The Balaban J connectivity index is 2.07. The van der Waals surface area contributed by atoms with Gasteiger partial charge in [-0.1, -0.05) is 6.92 Å². The summed E-state index contributed by atoms with van der Waals surface area (Å²) in [7, 11) is 0. The van der Waals surface area contributed by atoms with Crippen molar-refractivity contribution in [3.8, 4) is 0 Å². The van der Waals surface area contributed by atoms with E-state index in [1.807, 2.05) is 0 Å². The number of hydrogen-bond donors (Lipinski definition) is 1. The number of ether oxygens (including phenoxy) is 1. The molecule has 1 aromatic heterocycles. The predicted molar refractivity (Wildman–Crippen MR) is 69.5 cm³/mol. The number of aromatic nitrogens is 2. The second kappa shape index (κ2) is 5.75. The molecule has 1 aliphatic heterocycles. The first-order valence-corrected chi connectivity index (χ1v) is 6.92. The molecule has 96 valence electrons. The Morgan fingerprint density at radius 2 is 2.41 bits per heavy atom. The Kier molecular flexibility index (Phi) is 4.31. The second-order valence-corrected chi connectivity index (χ2v) is 5.17. The zero-order chi connectivity index (χ0) is 12.3. The van der Waals surface area contributed by atoms with E-state index in [1.165, 1.54) is 11.5 Å². The number of nitrogens with zero attached hydrogens (tertiary/aromatic N) is 3. The Labute approximate surface area is 106 Å². The molecule has 5 nitrogen and oxygen atoms in total. The van der Waals surface area contributed by atoms with Crippen molar-refractivity contribution in [1.82, 2.24) is 9.36 Å². The number of hydrogen-bond acceptors (Lipinski definition) is 6. The molecular formula is C11H20N4OS. The van der Waals surface area contributed by atoms with Crippen molar-refractivity contribution in [1.29, 1.82) is 0 Å². The topological polar surface area (TPSA) is 64.3 Å². The van der Waals surface area contributed by atoms with Crippen molar-refractivity contribution in [2.24, 2.45) is 5.73 Å². The largest absolute Gasteiger partial charge is 0.373 e.